The smallest absolute Gasteiger partial charge is 0.270 e. The molecular formula is C25H21N3O4. The number of rotatable bonds is 6. The fraction of sp³-hybridized carbons (Fsp3) is 0.120. The second kappa shape index (κ2) is 8.11. The number of methoxy groups -OCH3 is 2. The molecule has 0 saturated heterocycles. The van der Waals surface area contributed by atoms with Crippen molar-refractivity contribution in [2.45, 2.75) is 6.54 Å². The summed E-state index contributed by atoms with van der Waals surface area (Å²) in [5.41, 5.74) is 3.41. The zero-order valence-corrected chi connectivity index (χ0v) is 17.6. The van der Waals surface area contributed by atoms with Gasteiger partial charge in [0, 0.05) is 21.9 Å². The van der Waals surface area contributed by atoms with Crippen LogP contribution in [0.3, 0.4) is 0 Å². The Labute approximate surface area is 184 Å². The number of amides is 1. The molecule has 32 heavy (non-hydrogen) atoms. The summed E-state index contributed by atoms with van der Waals surface area (Å²) in [6, 6.07) is 18.9. The van der Waals surface area contributed by atoms with E-state index in [1.165, 1.54) is 0 Å². The van der Waals surface area contributed by atoms with Gasteiger partial charge in [-0.15, -0.1) is 0 Å². The first kappa shape index (κ1) is 19.7. The first-order chi connectivity index (χ1) is 15.7. The van der Waals surface area contributed by atoms with Crippen molar-refractivity contribution in [3.63, 3.8) is 0 Å². The van der Waals surface area contributed by atoms with Crippen LogP contribution >= 0.6 is 0 Å². The summed E-state index contributed by atoms with van der Waals surface area (Å²) in [5, 5.41) is 4.78. The van der Waals surface area contributed by atoms with Gasteiger partial charge in [-0.25, -0.2) is 4.98 Å². The van der Waals surface area contributed by atoms with E-state index in [9.17, 15) is 4.79 Å². The van der Waals surface area contributed by atoms with Crippen LogP contribution in [-0.2, 0) is 6.54 Å². The molecule has 0 radical (unpaired) electrons. The van der Waals surface area contributed by atoms with E-state index in [4.69, 9.17) is 18.9 Å². The average Bonchev–Trinajstić information content (AvgIpc) is 3.49. The first-order valence-corrected chi connectivity index (χ1v) is 10.1. The summed E-state index contributed by atoms with van der Waals surface area (Å²) in [6.45, 7) is 0.275. The van der Waals surface area contributed by atoms with E-state index in [2.05, 4.69) is 10.3 Å². The van der Waals surface area contributed by atoms with Crippen molar-refractivity contribution in [1.82, 2.24) is 15.3 Å². The molecule has 160 valence electrons. The molecule has 5 rings (SSSR count). The van der Waals surface area contributed by atoms with E-state index in [0.29, 0.717) is 28.6 Å². The molecule has 0 aliphatic carbocycles. The lowest BCUT2D eigenvalue weighted by molar-refractivity contribution is 0.0943. The van der Waals surface area contributed by atoms with E-state index < -0.39 is 0 Å². The van der Waals surface area contributed by atoms with Crippen molar-refractivity contribution in [3.8, 4) is 22.8 Å². The number of H-pyrrole nitrogens is 1. The summed E-state index contributed by atoms with van der Waals surface area (Å²) in [5.74, 6) is 1.67. The number of aromatic amines is 1. The number of fused-ring (bicyclic) bond motifs is 3. The fourth-order valence-electron chi connectivity index (χ4n) is 3.83. The van der Waals surface area contributed by atoms with Crippen molar-refractivity contribution >= 4 is 27.7 Å². The van der Waals surface area contributed by atoms with Gasteiger partial charge in [-0.2, -0.15) is 0 Å². The molecule has 0 spiro atoms. The zero-order valence-electron chi connectivity index (χ0n) is 17.6. The summed E-state index contributed by atoms with van der Waals surface area (Å²) in [7, 11) is 3.21. The summed E-state index contributed by atoms with van der Waals surface area (Å²) >= 11 is 0. The zero-order chi connectivity index (χ0) is 22.1. The van der Waals surface area contributed by atoms with Crippen LogP contribution in [-0.4, -0.2) is 30.1 Å². The summed E-state index contributed by atoms with van der Waals surface area (Å²) in [4.78, 5) is 21.2. The monoisotopic (exact) mass is 427 g/mol. The summed E-state index contributed by atoms with van der Waals surface area (Å²) < 4.78 is 16.3. The molecule has 0 aliphatic heterocycles. The number of furan rings is 1. The van der Waals surface area contributed by atoms with Crippen LogP contribution in [0.15, 0.2) is 71.3 Å². The number of para-hydroxylation sites is 1. The van der Waals surface area contributed by atoms with Crippen molar-refractivity contribution in [3.05, 3.63) is 78.4 Å². The molecule has 3 heterocycles. The third kappa shape index (κ3) is 3.43. The number of hydrogen-bond donors (Lipinski definition) is 2. The van der Waals surface area contributed by atoms with Gasteiger partial charge in [0.15, 0.2) is 0 Å². The molecule has 7 nitrogen and oxygen atoms in total. The highest BCUT2D eigenvalue weighted by Gasteiger charge is 2.20. The van der Waals surface area contributed by atoms with Gasteiger partial charge in [0.1, 0.15) is 23.0 Å². The van der Waals surface area contributed by atoms with Crippen molar-refractivity contribution in [2.75, 3.05) is 14.2 Å². The minimum absolute atomic E-state index is 0.275. The number of hydrogen-bond acceptors (Lipinski definition) is 5. The van der Waals surface area contributed by atoms with Crippen LogP contribution in [0.5, 0.6) is 11.5 Å². The predicted molar refractivity (Wildman–Crippen MR) is 122 cm³/mol. The van der Waals surface area contributed by atoms with E-state index >= 15 is 0 Å². The quantitative estimate of drug-likeness (QED) is 0.401. The topological polar surface area (TPSA) is 89.4 Å². The molecule has 0 atom stereocenters. The Kier molecular flexibility index (Phi) is 4.99. The molecule has 0 aliphatic rings. The Hall–Kier alpha value is -4.26. The molecule has 0 saturated carbocycles. The number of aromatic nitrogens is 2. The highest BCUT2D eigenvalue weighted by molar-refractivity contribution is 6.13. The lowest BCUT2D eigenvalue weighted by Crippen LogP contribution is -2.23. The standard InChI is InChI=1S/C25H21N3O4/c1-30-15-9-10-22(31-2)19(12-15)24-23-18(17-7-3-4-8-20(17)27-23)13-21(28-24)25(29)26-14-16-6-5-11-32-16/h3-13,27H,14H2,1-2H3,(H,26,29). The molecule has 3 aromatic heterocycles. The second-order valence-electron chi connectivity index (χ2n) is 7.28. The minimum Gasteiger partial charge on any atom is -0.497 e. The largest absolute Gasteiger partial charge is 0.497 e. The molecule has 0 unspecified atom stereocenters. The maximum Gasteiger partial charge on any atom is 0.270 e. The summed E-state index contributed by atoms with van der Waals surface area (Å²) in [6.07, 6.45) is 1.57. The van der Waals surface area contributed by atoms with Crippen LogP contribution < -0.4 is 14.8 Å². The molecular weight excluding hydrogens is 406 g/mol. The number of pyridine rings is 1. The fourth-order valence-corrected chi connectivity index (χ4v) is 3.83. The van der Waals surface area contributed by atoms with Crippen LogP contribution in [0, 0.1) is 0 Å². The lowest BCUT2D eigenvalue weighted by atomic mass is 10.0. The number of benzene rings is 2. The van der Waals surface area contributed by atoms with Gasteiger partial charge in [-0.05, 0) is 42.5 Å². The van der Waals surface area contributed by atoms with Crippen molar-refractivity contribution in [2.24, 2.45) is 0 Å². The molecule has 7 heteroatoms. The molecule has 5 aromatic rings. The Morgan fingerprint density at radius 3 is 2.69 bits per heavy atom. The van der Waals surface area contributed by atoms with E-state index in [1.54, 1.807) is 26.5 Å². The normalized spacial score (nSPS) is 11.1. The van der Waals surface area contributed by atoms with Crippen LogP contribution in [0.1, 0.15) is 16.2 Å². The van der Waals surface area contributed by atoms with Gasteiger partial charge < -0.3 is 24.2 Å². The van der Waals surface area contributed by atoms with E-state index in [0.717, 1.165) is 27.4 Å². The predicted octanol–water partition coefficient (Wildman–Crippen LogP) is 4.92. The Morgan fingerprint density at radius 2 is 1.91 bits per heavy atom. The van der Waals surface area contributed by atoms with Gasteiger partial charge in [-0.3, -0.25) is 4.79 Å². The van der Waals surface area contributed by atoms with Gasteiger partial charge in [0.25, 0.3) is 5.91 Å². The molecule has 0 fully saturated rings. The van der Waals surface area contributed by atoms with Crippen LogP contribution in [0.25, 0.3) is 33.1 Å². The van der Waals surface area contributed by atoms with Gasteiger partial charge in [-0.1, -0.05) is 18.2 Å². The van der Waals surface area contributed by atoms with Crippen LogP contribution in [0.2, 0.25) is 0 Å². The van der Waals surface area contributed by atoms with Crippen LogP contribution in [0.4, 0.5) is 0 Å². The maximum atomic E-state index is 13.0. The Bertz CT molecular complexity index is 1420. The molecule has 0 bridgehead atoms. The SMILES string of the molecule is COc1ccc(OC)c(-c2nc(C(=O)NCc3ccco3)cc3c2[nH]c2ccccc23)c1. The minimum atomic E-state index is -0.295. The second-order valence-corrected chi connectivity index (χ2v) is 7.28. The maximum absolute atomic E-state index is 13.0. The lowest BCUT2D eigenvalue weighted by Gasteiger charge is -2.12. The number of carbonyl (C=O) groups excluding carboxylic acids is 1. The van der Waals surface area contributed by atoms with Gasteiger partial charge >= 0.3 is 0 Å². The molecule has 2 aromatic carbocycles. The Morgan fingerprint density at radius 1 is 1.03 bits per heavy atom. The average molecular weight is 427 g/mol. The van der Waals surface area contributed by atoms with Crippen molar-refractivity contribution in [1.29, 1.82) is 0 Å². The number of nitrogens with one attached hydrogen (secondary N) is 2. The number of carbonyl (C=O) groups is 1. The Balaban J connectivity index is 1.70. The highest BCUT2D eigenvalue weighted by atomic mass is 16.5. The molecule has 1 amide bonds. The highest BCUT2D eigenvalue weighted by Crippen LogP contribution is 2.38. The third-order valence-electron chi connectivity index (χ3n) is 5.39. The van der Waals surface area contributed by atoms with E-state index in [1.807, 2.05) is 54.6 Å². The first-order valence-electron chi connectivity index (χ1n) is 10.1. The third-order valence-corrected chi connectivity index (χ3v) is 5.39. The number of ether oxygens (including phenoxy) is 2. The molecule has 2 N–H and O–H groups in total. The van der Waals surface area contributed by atoms with Crippen molar-refractivity contribution < 1.29 is 18.7 Å². The number of nitrogens with zero attached hydrogens (tertiary/aromatic N) is 1. The van der Waals surface area contributed by atoms with Gasteiger partial charge in [0.05, 0.1) is 38.2 Å². The van der Waals surface area contributed by atoms with Gasteiger partial charge in [0.2, 0.25) is 0 Å². The van der Waals surface area contributed by atoms with E-state index in [-0.39, 0.29) is 12.5 Å².